The van der Waals surface area contributed by atoms with E-state index in [0.717, 1.165) is 62.4 Å². The maximum absolute atomic E-state index is 13.2. The molecule has 1 aromatic heterocycles. The zero-order valence-electron chi connectivity index (χ0n) is 18.0. The summed E-state index contributed by atoms with van der Waals surface area (Å²) in [6, 6.07) is 11.8. The number of rotatable bonds is 3. The second kappa shape index (κ2) is 8.48. The van der Waals surface area contributed by atoms with Crippen LogP contribution >= 0.6 is 0 Å². The summed E-state index contributed by atoms with van der Waals surface area (Å²) in [5.41, 5.74) is 2.29. The predicted molar refractivity (Wildman–Crippen MR) is 119 cm³/mol. The topological polar surface area (TPSA) is 66.9 Å². The highest BCUT2D eigenvalue weighted by atomic mass is 16.5. The molecule has 5 rings (SSSR count). The summed E-state index contributed by atoms with van der Waals surface area (Å²) >= 11 is 0. The van der Waals surface area contributed by atoms with Crippen LogP contribution < -0.4 is 15.0 Å². The zero-order valence-corrected chi connectivity index (χ0v) is 18.0. The number of hydrogen-bond acceptors (Lipinski definition) is 6. The molecule has 2 fully saturated rings. The van der Waals surface area contributed by atoms with Gasteiger partial charge in [-0.1, -0.05) is 18.2 Å². The van der Waals surface area contributed by atoms with E-state index in [2.05, 4.69) is 33.2 Å². The van der Waals surface area contributed by atoms with Crippen molar-refractivity contribution >= 4 is 11.6 Å². The standard InChI is InChI=1S/C24H30N4O3/c1-27-10-7-24(8-11-27)17-21(19-4-2-3-5-22(19)31-24)26-23(29)20-16-18(6-9-25-20)28-12-14-30-15-13-28/h2-6,9,16,21H,7-8,10-15,17H2,1H3,(H,26,29). The van der Waals surface area contributed by atoms with Gasteiger partial charge in [-0.15, -0.1) is 0 Å². The normalized spacial score (nSPS) is 23.1. The molecule has 1 aromatic carbocycles. The number of benzene rings is 1. The van der Waals surface area contributed by atoms with Gasteiger partial charge in [0.15, 0.2) is 0 Å². The van der Waals surface area contributed by atoms with Crippen molar-refractivity contribution in [3.63, 3.8) is 0 Å². The fraction of sp³-hybridized carbons (Fsp3) is 0.500. The molecule has 3 aliphatic rings. The Hall–Kier alpha value is -2.64. The van der Waals surface area contributed by atoms with Gasteiger partial charge in [-0.2, -0.15) is 0 Å². The van der Waals surface area contributed by atoms with Crippen molar-refractivity contribution in [2.24, 2.45) is 0 Å². The zero-order chi connectivity index (χ0) is 21.3. The number of nitrogens with one attached hydrogen (secondary N) is 1. The number of pyridine rings is 1. The van der Waals surface area contributed by atoms with Gasteiger partial charge in [0, 0.05) is 50.0 Å². The summed E-state index contributed by atoms with van der Waals surface area (Å²) in [5.74, 6) is 0.749. The first-order chi connectivity index (χ1) is 15.1. The Morgan fingerprint density at radius 2 is 1.90 bits per heavy atom. The third-order valence-corrected chi connectivity index (χ3v) is 6.75. The third-order valence-electron chi connectivity index (χ3n) is 6.75. The van der Waals surface area contributed by atoms with Gasteiger partial charge in [0.05, 0.1) is 19.3 Å². The summed E-state index contributed by atoms with van der Waals surface area (Å²) < 4.78 is 12.0. The van der Waals surface area contributed by atoms with Gasteiger partial charge in [0.25, 0.3) is 5.91 Å². The van der Waals surface area contributed by atoms with E-state index in [4.69, 9.17) is 9.47 Å². The Morgan fingerprint density at radius 3 is 2.71 bits per heavy atom. The molecule has 2 aromatic rings. The lowest BCUT2D eigenvalue weighted by Crippen LogP contribution is -2.51. The van der Waals surface area contributed by atoms with Crippen LogP contribution in [-0.4, -0.2) is 67.8 Å². The molecule has 0 aliphatic carbocycles. The fourth-order valence-electron chi connectivity index (χ4n) is 4.87. The average Bonchev–Trinajstić information content (AvgIpc) is 2.82. The predicted octanol–water partition coefficient (Wildman–Crippen LogP) is 2.64. The highest BCUT2D eigenvalue weighted by molar-refractivity contribution is 5.93. The Bertz CT molecular complexity index is 936. The molecular weight excluding hydrogens is 392 g/mol. The number of ether oxygens (including phenoxy) is 2. The number of aromatic nitrogens is 1. The van der Waals surface area contributed by atoms with Crippen LogP contribution in [0.25, 0.3) is 0 Å². The first-order valence-corrected chi connectivity index (χ1v) is 11.2. The van der Waals surface area contributed by atoms with E-state index in [1.165, 1.54) is 0 Å². The second-order valence-corrected chi connectivity index (χ2v) is 8.86. The Labute approximate surface area is 183 Å². The highest BCUT2D eigenvalue weighted by Crippen LogP contribution is 2.44. The van der Waals surface area contributed by atoms with Crippen LogP contribution in [0.1, 0.15) is 41.4 Å². The Balaban J connectivity index is 1.36. The van der Waals surface area contributed by atoms with E-state index >= 15 is 0 Å². The van der Waals surface area contributed by atoms with Gasteiger partial charge in [0.1, 0.15) is 17.0 Å². The van der Waals surface area contributed by atoms with E-state index < -0.39 is 0 Å². The molecule has 1 atom stereocenters. The van der Waals surface area contributed by atoms with Crippen molar-refractivity contribution in [3.8, 4) is 5.75 Å². The maximum Gasteiger partial charge on any atom is 0.270 e. The number of piperidine rings is 1. The van der Waals surface area contributed by atoms with E-state index in [1.54, 1.807) is 6.20 Å². The number of hydrogen-bond donors (Lipinski definition) is 1. The lowest BCUT2D eigenvalue weighted by Gasteiger charge is -2.46. The summed E-state index contributed by atoms with van der Waals surface area (Å²) in [7, 11) is 2.15. The molecule has 7 nitrogen and oxygen atoms in total. The molecular formula is C24H30N4O3. The molecule has 0 bridgehead atoms. The first-order valence-electron chi connectivity index (χ1n) is 11.2. The highest BCUT2D eigenvalue weighted by Gasteiger charge is 2.43. The monoisotopic (exact) mass is 422 g/mol. The lowest BCUT2D eigenvalue weighted by molar-refractivity contribution is -0.0196. The van der Waals surface area contributed by atoms with Crippen molar-refractivity contribution in [3.05, 3.63) is 53.9 Å². The van der Waals surface area contributed by atoms with Crippen LogP contribution in [0.15, 0.2) is 42.6 Å². The number of morpholine rings is 1. The quantitative estimate of drug-likeness (QED) is 0.820. The minimum atomic E-state index is -0.220. The van der Waals surface area contributed by atoms with Gasteiger partial charge in [-0.3, -0.25) is 9.78 Å². The molecule has 1 spiro atoms. The van der Waals surface area contributed by atoms with Crippen molar-refractivity contribution in [1.29, 1.82) is 0 Å². The van der Waals surface area contributed by atoms with Crippen molar-refractivity contribution in [1.82, 2.24) is 15.2 Å². The molecule has 31 heavy (non-hydrogen) atoms. The van der Waals surface area contributed by atoms with Crippen LogP contribution in [0.2, 0.25) is 0 Å². The molecule has 3 aliphatic heterocycles. The molecule has 7 heteroatoms. The molecule has 1 amide bonds. The minimum absolute atomic E-state index is 0.0882. The minimum Gasteiger partial charge on any atom is -0.487 e. The number of fused-ring (bicyclic) bond motifs is 1. The van der Waals surface area contributed by atoms with Crippen LogP contribution in [0.4, 0.5) is 5.69 Å². The summed E-state index contributed by atoms with van der Waals surface area (Å²) in [5, 5.41) is 3.27. The van der Waals surface area contributed by atoms with Crippen LogP contribution in [0, 0.1) is 0 Å². The van der Waals surface area contributed by atoms with Crippen molar-refractivity contribution in [2.45, 2.75) is 30.9 Å². The summed E-state index contributed by atoms with van der Waals surface area (Å²) in [6.45, 7) is 5.09. The number of anilines is 1. The number of carbonyl (C=O) groups excluding carboxylic acids is 1. The van der Waals surface area contributed by atoms with E-state index in [0.29, 0.717) is 18.9 Å². The maximum atomic E-state index is 13.2. The molecule has 4 heterocycles. The summed E-state index contributed by atoms with van der Waals surface area (Å²) in [6.07, 6.45) is 4.44. The van der Waals surface area contributed by atoms with Gasteiger partial charge >= 0.3 is 0 Å². The number of para-hydroxylation sites is 1. The lowest BCUT2D eigenvalue weighted by atomic mass is 9.80. The molecule has 0 radical (unpaired) electrons. The number of amides is 1. The molecule has 164 valence electrons. The molecule has 1 unspecified atom stereocenters. The number of nitrogens with zero attached hydrogens (tertiary/aromatic N) is 3. The number of carbonyl (C=O) groups is 1. The average molecular weight is 423 g/mol. The SMILES string of the molecule is CN1CCC2(CC1)CC(NC(=O)c1cc(N3CCOCC3)ccn1)c1ccccc1O2. The van der Waals surface area contributed by atoms with Gasteiger partial charge in [-0.25, -0.2) is 0 Å². The first kappa shape index (κ1) is 20.3. The van der Waals surface area contributed by atoms with E-state index in [1.807, 2.05) is 30.3 Å². The van der Waals surface area contributed by atoms with Crippen molar-refractivity contribution < 1.29 is 14.3 Å². The van der Waals surface area contributed by atoms with Crippen molar-refractivity contribution in [2.75, 3.05) is 51.3 Å². The number of likely N-dealkylation sites (tertiary alicyclic amines) is 1. The molecule has 2 saturated heterocycles. The third kappa shape index (κ3) is 4.25. The van der Waals surface area contributed by atoms with E-state index in [9.17, 15) is 4.79 Å². The van der Waals surface area contributed by atoms with Gasteiger partial charge in [-0.05, 0) is 38.1 Å². The van der Waals surface area contributed by atoms with Gasteiger partial charge < -0.3 is 24.6 Å². The van der Waals surface area contributed by atoms with Crippen LogP contribution in [0.5, 0.6) is 5.75 Å². The largest absolute Gasteiger partial charge is 0.487 e. The Kier molecular flexibility index (Phi) is 5.54. The van der Waals surface area contributed by atoms with Crippen LogP contribution in [-0.2, 0) is 4.74 Å². The molecule has 0 saturated carbocycles. The fourth-order valence-corrected chi connectivity index (χ4v) is 4.87. The van der Waals surface area contributed by atoms with E-state index in [-0.39, 0.29) is 17.6 Å². The smallest absolute Gasteiger partial charge is 0.270 e. The Morgan fingerprint density at radius 1 is 1.13 bits per heavy atom. The molecule has 1 N–H and O–H groups in total. The van der Waals surface area contributed by atoms with Crippen LogP contribution in [0.3, 0.4) is 0 Å². The van der Waals surface area contributed by atoms with Gasteiger partial charge in [0.2, 0.25) is 0 Å². The second-order valence-electron chi connectivity index (χ2n) is 8.86. The summed E-state index contributed by atoms with van der Waals surface area (Å²) in [4.78, 5) is 22.1.